The predicted molar refractivity (Wildman–Crippen MR) is 73.6 cm³/mol. The zero-order valence-corrected chi connectivity index (χ0v) is 12.0. The van der Waals surface area contributed by atoms with Crippen molar-refractivity contribution < 1.29 is 8.42 Å². The number of hydrogen-bond donors (Lipinski definition) is 1. The van der Waals surface area contributed by atoms with Gasteiger partial charge in [0.1, 0.15) is 10.7 Å². The Morgan fingerprint density at radius 3 is 2.68 bits per heavy atom. The number of nitriles is 1. The molecule has 1 N–H and O–H groups in total. The highest BCUT2D eigenvalue weighted by Gasteiger charge is 2.19. The summed E-state index contributed by atoms with van der Waals surface area (Å²) in [6.07, 6.45) is 1.39. The van der Waals surface area contributed by atoms with Gasteiger partial charge in [-0.15, -0.1) is 11.3 Å². The molecule has 5 nitrogen and oxygen atoms in total. The number of nitrogens with one attached hydrogen (secondary N) is 1. The Hall–Kier alpha value is -1.91. The Morgan fingerprint density at radius 1 is 1.37 bits per heavy atom. The van der Waals surface area contributed by atoms with Crippen LogP contribution < -0.4 is 4.72 Å². The number of aryl methyl sites for hydroxylation is 2. The molecule has 0 saturated heterocycles. The van der Waals surface area contributed by atoms with E-state index in [1.807, 2.05) is 13.0 Å². The summed E-state index contributed by atoms with van der Waals surface area (Å²) in [5.41, 5.74) is 0.353. The van der Waals surface area contributed by atoms with Crippen molar-refractivity contribution in [2.24, 2.45) is 0 Å². The monoisotopic (exact) mass is 293 g/mol. The van der Waals surface area contributed by atoms with Crippen molar-refractivity contribution in [3.63, 3.8) is 0 Å². The summed E-state index contributed by atoms with van der Waals surface area (Å²) in [6.45, 7) is 3.61. The number of sulfonamides is 1. The second-order valence-corrected chi connectivity index (χ2v) is 7.04. The third-order valence-corrected chi connectivity index (χ3v) is 4.99. The summed E-state index contributed by atoms with van der Waals surface area (Å²) in [4.78, 5) is 5.80. The number of aromatic nitrogens is 1. The molecule has 0 aliphatic rings. The van der Waals surface area contributed by atoms with Gasteiger partial charge in [0.05, 0.1) is 11.6 Å². The maximum atomic E-state index is 12.2. The van der Waals surface area contributed by atoms with E-state index in [9.17, 15) is 8.42 Å². The lowest BCUT2D eigenvalue weighted by molar-refractivity contribution is 0.601. The molecule has 0 saturated carbocycles. The number of nitrogens with zero attached hydrogens (tertiary/aromatic N) is 2. The number of pyridine rings is 1. The van der Waals surface area contributed by atoms with Crippen molar-refractivity contribution in [1.29, 1.82) is 5.26 Å². The minimum Gasteiger partial charge on any atom is -0.263 e. The second kappa shape index (κ2) is 4.99. The molecule has 2 rings (SSSR count). The first-order valence-corrected chi connectivity index (χ1v) is 7.68. The van der Waals surface area contributed by atoms with E-state index in [4.69, 9.17) is 5.26 Å². The van der Waals surface area contributed by atoms with Crippen molar-refractivity contribution in [2.75, 3.05) is 4.72 Å². The van der Waals surface area contributed by atoms with E-state index in [0.717, 1.165) is 9.75 Å². The van der Waals surface area contributed by atoms with E-state index in [-0.39, 0.29) is 10.7 Å². The van der Waals surface area contributed by atoms with Crippen LogP contribution in [0.3, 0.4) is 0 Å². The van der Waals surface area contributed by atoms with Crippen LogP contribution in [0.15, 0.2) is 29.3 Å². The minimum atomic E-state index is -3.66. The SMILES string of the molecule is Cc1cc(S(=O)(=O)Nc2cc(C#N)ccn2)c(C)s1. The van der Waals surface area contributed by atoms with E-state index in [1.54, 1.807) is 13.0 Å². The van der Waals surface area contributed by atoms with Crippen molar-refractivity contribution in [3.05, 3.63) is 39.7 Å². The molecule has 0 atom stereocenters. The third kappa shape index (κ3) is 2.92. The van der Waals surface area contributed by atoms with Gasteiger partial charge in [0.25, 0.3) is 10.0 Å². The number of anilines is 1. The third-order valence-electron chi connectivity index (χ3n) is 2.41. The lowest BCUT2D eigenvalue weighted by Crippen LogP contribution is -2.14. The fraction of sp³-hybridized carbons (Fsp3) is 0.167. The summed E-state index contributed by atoms with van der Waals surface area (Å²) in [6, 6.07) is 6.46. The van der Waals surface area contributed by atoms with Crippen molar-refractivity contribution in [1.82, 2.24) is 4.98 Å². The highest BCUT2D eigenvalue weighted by molar-refractivity contribution is 7.93. The van der Waals surface area contributed by atoms with Gasteiger partial charge in [-0.05, 0) is 32.0 Å². The summed E-state index contributed by atoms with van der Waals surface area (Å²) in [5.74, 6) is 0.141. The molecular weight excluding hydrogens is 282 g/mol. The molecule has 0 radical (unpaired) electrons. The molecule has 0 aliphatic heterocycles. The predicted octanol–water partition coefficient (Wildman–Crippen LogP) is 2.43. The van der Waals surface area contributed by atoms with Gasteiger partial charge in [0, 0.05) is 16.0 Å². The Balaban J connectivity index is 2.37. The van der Waals surface area contributed by atoms with Crippen LogP contribution in [0.4, 0.5) is 5.82 Å². The largest absolute Gasteiger partial charge is 0.264 e. The summed E-state index contributed by atoms with van der Waals surface area (Å²) < 4.78 is 26.8. The standard InChI is InChI=1S/C12H11N3O2S2/c1-8-5-11(9(2)18-8)19(16,17)15-12-6-10(7-13)3-4-14-12/h3-6H,1-2H3,(H,14,15). The van der Waals surface area contributed by atoms with Gasteiger partial charge in [0.15, 0.2) is 0 Å². The van der Waals surface area contributed by atoms with Gasteiger partial charge < -0.3 is 0 Å². The van der Waals surface area contributed by atoms with Crippen LogP contribution in [0, 0.1) is 25.2 Å². The quantitative estimate of drug-likeness (QED) is 0.942. The van der Waals surface area contributed by atoms with Gasteiger partial charge in [0.2, 0.25) is 0 Å². The van der Waals surface area contributed by atoms with Crippen LogP contribution in [0.2, 0.25) is 0 Å². The Kier molecular flexibility index (Phi) is 3.55. The highest BCUT2D eigenvalue weighted by atomic mass is 32.2. The Morgan fingerprint density at radius 2 is 2.11 bits per heavy atom. The van der Waals surface area contributed by atoms with E-state index in [2.05, 4.69) is 9.71 Å². The normalized spacial score (nSPS) is 11.0. The van der Waals surface area contributed by atoms with E-state index >= 15 is 0 Å². The maximum absolute atomic E-state index is 12.2. The molecule has 98 valence electrons. The van der Waals surface area contributed by atoms with Gasteiger partial charge in [-0.1, -0.05) is 0 Å². The van der Waals surface area contributed by atoms with E-state index in [1.165, 1.54) is 29.7 Å². The fourth-order valence-corrected chi connectivity index (χ4v) is 4.18. The molecule has 0 spiro atoms. The lowest BCUT2D eigenvalue weighted by Gasteiger charge is -2.06. The molecule has 0 bridgehead atoms. The van der Waals surface area contributed by atoms with Gasteiger partial charge in [-0.3, -0.25) is 4.72 Å². The van der Waals surface area contributed by atoms with E-state index in [0.29, 0.717) is 5.56 Å². The molecule has 0 aromatic carbocycles. The topological polar surface area (TPSA) is 82.9 Å². The van der Waals surface area contributed by atoms with Crippen LogP contribution in [0.5, 0.6) is 0 Å². The van der Waals surface area contributed by atoms with Crippen molar-refractivity contribution in [2.45, 2.75) is 18.7 Å². The lowest BCUT2D eigenvalue weighted by atomic mass is 10.3. The first-order chi connectivity index (χ1) is 8.92. The first-order valence-electron chi connectivity index (χ1n) is 5.38. The molecule has 0 amide bonds. The zero-order chi connectivity index (χ0) is 14.0. The van der Waals surface area contributed by atoms with Gasteiger partial charge in [-0.2, -0.15) is 5.26 Å². The second-order valence-electron chi connectivity index (χ2n) is 3.92. The van der Waals surface area contributed by atoms with Crippen LogP contribution in [0.25, 0.3) is 0 Å². The zero-order valence-electron chi connectivity index (χ0n) is 10.3. The van der Waals surface area contributed by atoms with E-state index < -0.39 is 10.0 Å². The molecule has 2 heterocycles. The molecular formula is C12H11N3O2S2. The van der Waals surface area contributed by atoms with Crippen molar-refractivity contribution in [3.8, 4) is 6.07 Å². The van der Waals surface area contributed by atoms with Gasteiger partial charge >= 0.3 is 0 Å². The van der Waals surface area contributed by atoms with Crippen LogP contribution in [0.1, 0.15) is 15.3 Å². The summed E-state index contributed by atoms with van der Waals surface area (Å²) in [5, 5.41) is 8.77. The molecule has 0 unspecified atom stereocenters. The van der Waals surface area contributed by atoms with Crippen molar-refractivity contribution >= 4 is 27.2 Å². The molecule has 0 fully saturated rings. The molecule has 2 aromatic rings. The summed E-state index contributed by atoms with van der Waals surface area (Å²) in [7, 11) is -3.66. The number of thiophene rings is 1. The maximum Gasteiger partial charge on any atom is 0.264 e. The molecule has 7 heteroatoms. The molecule has 19 heavy (non-hydrogen) atoms. The van der Waals surface area contributed by atoms with Crippen LogP contribution in [-0.2, 0) is 10.0 Å². The fourth-order valence-electron chi connectivity index (χ4n) is 1.62. The summed E-state index contributed by atoms with van der Waals surface area (Å²) >= 11 is 1.42. The molecule has 0 aliphatic carbocycles. The van der Waals surface area contributed by atoms with Gasteiger partial charge in [-0.25, -0.2) is 13.4 Å². The average Bonchev–Trinajstić information content (AvgIpc) is 2.69. The van der Waals surface area contributed by atoms with Crippen LogP contribution >= 0.6 is 11.3 Å². The Labute approximate surface area is 115 Å². The van der Waals surface area contributed by atoms with Crippen LogP contribution in [-0.4, -0.2) is 13.4 Å². The highest BCUT2D eigenvalue weighted by Crippen LogP contribution is 2.26. The first kappa shape index (κ1) is 13.5. The minimum absolute atomic E-state index is 0.141. The number of hydrogen-bond acceptors (Lipinski definition) is 5. The number of rotatable bonds is 3. The smallest absolute Gasteiger partial charge is 0.263 e. The average molecular weight is 293 g/mol. The molecule has 2 aromatic heterocycles. The Bertz CT molecular complexity index is 758.